The Labute approximate surface area is 256 Å². The van der Waals surface area contributed by atoms with Crippen molar-refractivity contribution >= 4 is 27.5 Å². The first-order chi connectivity index (χ1) is 21.2. The van der Waals surface area contributed by atoms with E-state index >= 15 is 0 Å². The monoisotopic (exact) mass is 619 g/mol. The van der Waals surface area contributed by atoms with Crippen LogP contribution in [-0.4, -0.2) is 51.4 Å². The summed E-state index contributed by atoms with van der Waals surface area (Å²) in [5, 5.41) is 2.84. The maximum atomic E-state index is 13.7. The average Bonchev–Trinajstić information content (AvgIpc) is 3.03. The van der Waals surface area contributed by atoms with E-state index in [2.05, 4.69) is 10.0 Å². The Bertz CT molecular complexity index is 1630. The van der Waals surface area contributed by atoms with Crippen LogP contribution in [0.3, 0.4) is 0 Å². The minimum absolute atomic E-state index is 0.0409. The number of methoxy groups -OCH3 is 1. The molecule has 0 spiro atoms. The van der Waals surface area contributed by atoms with Crippen molar-refractivity contribution in [2.75, 3.05) is 25.0 Å². The van der Waals surface area contributed by atoms with Crippen LogP contribution in [0.5, 0.6) is 11.5 Å². The van der Waals surface area contributed by atoms with Gasteiger partial charge in [-0.3, -0.25) is 14.3 Å². The van der Waals surface area contributed by atoms with Gasteiger partial charge in [0.25, 0.3) is 15.9 Å². The molecule has 4 rings (SSSR count). The van der Waals surface area contributed by atoms with Gasteiger partial charge < -0.3 is 19.7 Å². The van der Waals surface area contributed by atoms with Gasteiger partial charge in [0.2, 0.25) is 5.91 Å². The molecule has 230 valence electrons. The van der Waals surface area contributed by atoms with Gasteiger partial charge in [-0.1, -0.05) is 42.5 Å². The number of anilines is 1. The maximum absolute atomic E-state index is 13.7. The summed E-state index contributed by atoms with van der Waals surface area (Å²) in [6, 6.07) is 26.3. The molecule has 0 aromatic heterocycles. The third-order valence-electron chi connectivity index (χ3n) is 6.73. The first-order valence-corrected chi connectivity index (χ1v) is 15.4. The number of amides is 2. The van der Waals surface area contributed by atoms with Gasteiger partial charge >= 0.3 is 0 Å². The van der Waals surface area contributed by atoms with Crippen LogP contribution < -0.4 is 19.5 Å². The second kappa shape index (κ2) is 15.0. The molecule has 0 aliphatic rings. The number of hydrogen-bond acceptors (Lipinski definition) is 6. The van der Waals surface area contributed by atoms with E-state index in [9.17, 15) is 22.4 Å². The van der Waals surface area contributed by atoms with E-state index in [0.717, 1.165) is 23.3 Å². The Balaban J connectivity index is 1.52. The van der Waals surface area contributed by atoms with Crippen LogP contribution in [-0.2, 0) is 32.6 Å². The first-order valence-electron chi connectivity index (χ1n) is 13.9. The van der Waals surface area contributed by atoms with Crippen LogP contribution in [0.25, 0.3) is 0 Å². The largest absolute Gasteiger partial charge is 0.497 e. The summed E-state index contributed by atoms with van der Waals surface area (Å²) in [4.78, 5) is 28.4. The summed E-state index contributed by atoms with van der Waals surface area (Å²) in [7, 11) is -2.37. The van der Waals surface area contributed by atoms with Crippen LogP contribution in [0.15, 0.2) is 108 Å². The molecule has 4 aromatic rings. The third-order valence-corrected chi connectivity index (χ3v) is 8.12. The van der Waals surface area contributed by atoms with E-state index in [0.29, 0.717) is 18.7 Å². The van der Waals surface area contributed by atoms with E-state index in [1.807, 2.05) is 49.4 Å². The molecule has 0 saturated heterocycles. The molecule has 0 radical (unpaired) electrons. The predicted octanol–water partition coefficient (Wildman–Crippen LogP) is 4.79. The number of nitrogens with one attached hydrogen (secondary N) is 2. The second-order valence-electron chi connectivity index (χ2n) is 9.84. The quantitative estimate of drug-likeness (QED) is 0.210. The van der Waals surface area contributed by atoms with Crippen molar-refractivity contribution in [3.63, 3.8) is 0 Å². The van der Waals surface area contributed by atoms with Crippen molar-refractivity contribution in [3.05, 3.63) is 120 Å². The number of carbonyl (C=O) groups excluding carboxylic acids is 2. The summed E-state index contributed by atoms with van der Waals surface area (Å²) in [6.45, 7) is 1.97. The van der Waals surface area contributed by atoms with Crippen LogP contribution in [0.1, 0.15) is 18.1 Å². The van der Waals surface area contributed by atoms with Crippen molar-refractivity contribution in [2.45, 2.75) is 30.8 Å². The molecule has 2 N–H and O–H groups in total. The van der Waals surface area contributed by atoms with Crippen LogP contribution in [0, 0.1) is 5.82 Å². The molecule has 9 nitrogen and oxygen atoms in total. The lowest BCUT2D eigenvalue weighted by atomic mass is 10.0. The zero-order valence-corrected chi connectivity index (χ0v) is 25.2. The van der Waals surface area contributed by atoms with Crippen LogP contribution in [0.4, 0.5) is 10.1 Å². The van der Waals surface area contributed by atoms with Crippen LogP contribution >= 0.6 is 0 Å². The summed E-state index contributed by atoms with van der Waals surface area (Å²) < 4.78 is 52.1. The minimum Gasteiger partial charge on any atom is -0.497 e. The SMILES string of the molecule is CCNC(=O)[C@@H](Cc1ccccc1)N(Cc1ccc(OC)cc1)C(=O)COc1ccc(S(=O)(=O)Nc2ccc(F)cc2)cc1. The van der Waals surface area contributed by atoms with Gasteiger partial charge in [0.05, 0.1) is 12.0 Å². The Morgan fingerprint density at radius 2 is 1.48 bits per heavy atom. The lowest BCUT2D eigenvalue weighted by Gasteiger charge is -2.31. The van der Waals surface area contributed by atoms with Crippen molar-refractivity contribution in [3.8, 4) is 11.5 Å². The molecule has 44 heavy (non-hydrogen) atoms. The fourth-order valence-electron chi connectivity index (χ4n) is 4.45. The van der Waals surface area contributed by atoms with Gasteiger partial charge in [-0.15, -0.1) is 0 Å². The zero-order chi connectivity index (χ0) is 31.5. The highest BCUT2D eigenvalue weighted by Crippen LogP contribution is 2.21. The Morgan fingerprint density at radius 1 is 0.841 bits per heavy atom. The normalized spacial score (nSPS) is 11.7. The van der Waals surface area contributed by atoms with Crippen molar-refractivity contribution < 1.29 is 31.9 Å². The Morgan fingerprint density at radius 3 is 2.09 bits per heavy atom. The average molecular weight is 620 g/mol. The molecule has 2 amide bonds. The second-order valence-corrected chi connectivity index (χ2v) is 11.5. The van der Waals surface area contributed by atoms with Crippen molar-refractivity contribution in [1.82, 2.24) is 10.2 Å². The topological polar surface area (TPSA) is 114 Å². The van der Waals surface area contributed by atoms with Crippen molar-refractivity contribution in [2.24, 2.45) is 0 Å². The van der Waals surface area contributed by atoms with E-state index in [-0.39, 0.29) is 35.4 Å². The molecular weight excluding hydrogens is 585 g/mol. The molecule has 0 fully saturated rings. The molecule has 0 aliphatic heterocycles. The third kappa shape index (κ3) is 8.81. The summed E-state index contributed by atoms with van der Waals surface area (Å²) >= 11 is 0. The highest BCUT2D eigenvalue weighted by Gasteiger charge is 2.30. The van der Waals surface area contributed by atoms with Gasteiger partial charge in [-0.2, -0.15) is 0 Å². The molecule has 0 heterocycles. The zero-order valence-electron chi connectivity index (χ0n) is 24.4. The highest BCUT2D eigenvalue weighted by atomic mass is 32.2. The van der Waals surface area contributed by atoms with E-state index in [1.165, 1.54) is 41.3 Å². The standard InChI is InChI=1S/C33H34FN3O6S/c1-3-35-33(39)31(21-24-7-5-4-6-8-24)37(22-25-9-15-28(42-2)16-10-25)32(38)23-43-29-17-19-30(20-18-29)44(40,41)36-27-13-11-26(34)12-14-27/h4-20,31,36H,3,21-23H2,1-2H3,(H,35,39)/t31-/m1/s1. The van der Waals surface area contributed by atoms with Gasteiger partial charge in [0, 0.05) is 25.2 Å². The number of likely N-dealkylation sites (N-methyl/N-ethyl adjacent to an activating group) is 1. The fraction of sp³-hybridized carbons (Fsp3) is 0.212. The minimum atomic E-state index is -3.94. The molecule has 4 aromatic carbocycles. The summed E-state index contributed by atoms with van der Waals surface area (Å²) in [5.74, 6) is -0.271. The Hall–Kier alpha value is -4.90. The lowest BCUT2D eigenvalue weighted by molar-refractivity contribution is -0.142. The molecule has 0 bridgehead atoms. The summed E-state index contributed by atoms with van der Waals surface area (Å²) in [5.41, 5.74) is 1.90. The van der Waals surface area contributed by atoms with Gasteiger partial charge in [-0.25, -0.2) is 12.8 Å². The molecular formula is C33H34FN3O6S. The van der Waals surface area contributed by atoms with E-state index in [1.54, 1.807) is 19.2 Å². The molecule has 1 atom stereocenters. The number of ether oxygens (including phenoxy) is 2. The molecule has 11 heteroatoms. The highest BCUT2D eigenvalue weighted by molar-refractivity contribution is 7.92. The lowest BCUT2D eigenvalue weighted by Crippen LogP contribution is -2.51. The van der Waals surface area contributed by atoms with E-state index in [4.69, 9.17) is 9.47 Å². The fourth-order valence-corrected chi connectivity index (χ4v) is 5.51. The Kier molecular flexibility index (Phi) is 10.9. The number of sulfonamides is 1. The summed E-state index contributed by atoms with van der Waals surface area (Å²) in [6.07, 6.45) is 0.294. The predicted molar refractivity (Wildman–Crippen MR) is 165 cm³/mol. The van der Waals surface area contributed by atoms with Gasteiger partial charge in [0.1, 0.15) is 23.4 Å². The first kappa shape index (κ1) is 32.0. The number of nitrogens with zero attached hydrogens (tertiary/aromatic N) is 1. The molecule has 0 unspecified atom stereocenters. The number of hydrogen-bond donors (Lipinski definition) is 2. The number of carbonyl (C=O) groups is 2. The number of halogens is 1. The number of benzene rings is 4. The van der Waals surface area contributed by atoms with Gasteiger partial charge in [0.15, 0.2) is 6.61 Å². The van der Waals surface area contributed by atoms with Gasteiger partial charge in [-0.05, 0) is 78.7 Å². The van der Waals surface area contributed by atoms with E-state index < -0.39 is 27.8 Å². The van der Waals surface area contributed by atoms with Crippen LogP contribution in [0.2, 0.25) is 0 Å². The smallest absolute Gasteiger partial charge is 0.261 e. The molecule has 0 saturated carbocycles. The maximum Gasteiger partial charge on any atom is 0.261 e. The molecule has 0 aliphatic carbocycles. The number of rotatable bonds is 14. The van der Waals surface area contributed by atoms with Crippen molar-refractivity contribution in [1.29, 1.82) is 0 Å².